The molecule has 0 aromatic heterocycles. The zero-order chi connectivity index (χ0) is 30.6. The summed E-state index contributed by atoms with van der Waals surface area (Å²) in [5.41, 5.74) is 22.8. The molecule has 214 valence electrons. The number of halogens is 5. The number of alkyl halides is 1. The van der Waals surface area contributed by atoms with Crippen molar-refractivity contribution in [1.82, 2.24) is 0 Å². The Morgan fingerprint density at radius 1 is 1.05 bits per heavy atom. The number of benzene rings is 2. The standard InChI is InChI=1S/C10H10BrClO5S.C9H7BrClN3O2.CH3F.N3.Na/c1-18(14,15)16-4-8-9(13)6-2-5(11)3-7(12)10(6)17-8;10-4-1-5-8(15)7(3-13-14-12)16-9(5)6(11)2-4;1-2;1-3-2;/h2-3,8-9,13H,4H2,1H3;1-2,7-8,15H,3H2;1H3;;/q;;;-1;+1/i;;1D;;. The van der Waals surface area contributed by atoms with Crippen molar-refractivity contribution in [1.29, 1.82) is 0 Å². The van der Waals surface area contributed by atoms with Gasteiger partial charge in [-0.25, -0.2) is 0 Å². The molecule has 0 saturated carbocycles. The van der Waals surface area contributed by atoms with Crippen LogP contribution >= 0.6 is 55.1 Å². The number of hydrogen-bond donors (Lipinski definition) is 2. The fraction of sp³-hybridized carbons (Fsp3) is 0.400. The minimum absolute atomic E-state index is 0. The summed E-state index contributed by atoms with van der Waals surface area (Å²) in [6, 6.07) is 6.73. The predicted octanol–water partition coefficient (Wildman–Crippen LogP) is 3.54. The Balaban J connectivity index is 0.000000645. The normalized spacial score (nSPS) is 19.8. The quantitative estimate of drug-likeness (QED) is 0.152. The summed E-state index contributed by atoms with van der Waals surface area (Å²) >= 11 is 18.5. The van der Waals surface area contributed by atoms with E-state index in [1.807, 2.05) is 0 Å². The van der Waals surface area contributed by atoms with Gasteiger partial charge in [0, 0.05) is 25.0 Å². The number of hydrogen-bond acceptors (Lipinski definition) is 8. The van der Waals surface area contributed by atoms with E-state index in [9.17, 15) is 23.0 Å². The van der Waals surface area contributed by atoms with E-state index in [2.05, 4.69) is 46.1 Å². The van der Waals surface area contributed by atoms with Gasteiger partial charge in [-0.1, -0.05) is 60.2 Å². The average Bonchev–Trinajstić information content (AvgIpc) is 3.34. The molecule has 0 aliphatic carbocycles. The molecule has 4 unspecified atom stereocenters. The fourth-order valence-corrected chi connectivity index (χ4v) is 5.39. The zero-order valence-electron chi connectivity index (χ0n) is 21.7. The van der Waals surface area contributed by atoms with Gasteiger partial charge in [0.15, 0.2) is 6.10 Å². The van der Waals surface area contributed by atoms with Crippen LogP contribution in [0.1, 0.15) is 24.7 Å². The molecule has 0 fully saturated rings. The van der Waals surface area contributed by atoms with Gasteiger partial charge in [-0.3, -0.25) is 13.5 Å². The van der Waals surface area contributed by atoms with Crippen LogP contribution in [0.25, 0.3) is 26.4 Å². The monoisotopic (exact) mass is 759 g/mol. The Morgan fingerprint density at radius 3 is 1.85 bits per heavy atom. The molecule has 2 aliphatic rings. The molecule has 4 atom stereocenters. The summed E-state index contributed by atoms with van der Waals surface area (Å²) in [6.07, 6.45) is -2.23. The van der Waals surface area contributed by atoms with E-state index in [0.29, 0.717) is 37.1 Å². The minimum Gasteiger partial charge on any atom is -0.485 e. The number of ether oxygens (including phenoxy) is 2. The Hall–Kier alpha value is -1.04. The number of azide groups is 1. The Bertz CT molecular complexity index is 1380. The van der Waals surface area contributed by atoms with E-state index in [0.717, 1.165) is 10.7 Å². The largest absolute Gasteiger partial charge is 1.00 e. The van der Waals surface area contributed by atoms with E-state index < -0.39 is 41.7 Å². The summed E-state index contributed by atoms with van der Waals surface area (Å²) in [4.78, 5) is 4.13. The summed E-state index contributed by atoms with van der Waals surface area (Å²) in [5, 5.41) is 24.1. The van der Waals surface area contributed by atoms with Crippen molar-refractivity contribution in [2.45, 2.75) is 24.4 Å². The summed E-state index contributed by atoms with van der Waals surface area (Å²) in [5.74, 6) is 0.810. The third-order valence-electron chi connectivity index (χ3n) is 4.73. The molecule has 40 heavy (non-hydrogen) atoms. The first kappa shape index (κ1) is 37.0. The van der Waals surface area contributed by atoms with E-state index in [4.69, 9.17) is 50.6 Å². The molecule has 20 heteroatoms. The average molecular weight is 762 g/mol. The second-order valence-corrected chi connectivity index (χ2v) is 11.6. The van der Waals surface area contributed by atoms with Gasteiger partial charge in [-0.15, -0.1) is 0 Å². The van der Waals surface area contributed by atoms with Crippen molar-refractivity contribution in [3.8, 4) is 11.5 Å². The van der Waals surface area contributed by atoms with Gasteiger partial charge in [0.25, 0.3) is 10.1 Å². The van der Waals surface area contributed by atoms with Crippen LogP contribution in [0.3, 0.4) is 0 Å². The van der Waals surface area contributed by atoms with Crippen LogP contribution in [0, 0.1) is 0 Å². The third-order valence-corrected chi connectivity index (χ3v) is 6.77. The van der Waals surface area contributed by atoms with E-state index in [1.54, 1.807) is 24.3 Å². The molecule has 2 aliphatic heterocycles. The molecular weight excluding hydrogens is 741 g/mol. The molecule has 0 amide bonds. The van der Waals surface area contributed by atoms with Gasteiger partial charge in [0.2, 0.25) is 0 Å². The van der Waals surface area contributed by atoms with Crippen LogP contribution in [-0.4, -0.2) is 57.4 Å². The molecule has 4 rings (SSSR count). The van der Waals surface area contributed by atoms with Gasteiger partial charge in [0.1, 0.15) is 36.4 Å². The van der Waals surface area contributed by atoms with Crippen LogP contribution in [0.4, 0.5) is 4.39 Å². The molecule has 2 aromatic carbocycles. The number of nitrogens with zero attached hydrogens (tertiary/aromatic N) is 6. The van der Waals surface area contributed by atoms with Crippen LogP contribution in [-0.2, 0) is 14.3 Å². The predicted molar refractivity (Wildman–Crippen MR) is 149 cm³/mol. The Morgan fingerprint density at radius 2 is 1.45 bits per heavy atom. The molecule has 0 bridgehead atoms. The Kier molecular flexibility index (Phi) is 17.1. The van der Waals surface area contributed by atoms with Gasteiger partial charge in [-0.2, -0.15) is 8.42 Å². The molecule has 2 N–H and O–H groups in total. The number of aliphatic hydroxyl groups excluding tert-OH is 2. The number of rotatable bonds is 5. The van der Waals surface area contributed by atoms with Gasteiger partial charge >= 0.3 is 29.6 Å². The van der Waals surface area contributed by atoms with E-state index >= 15 is 0 Å². The van der Waals surface area contributed by atoms with Crippen LogP contribution in [0.15, 0.2) is 38.3 Å². The SMILES string of the molecule is CS(=O)(=O)OCC1Oc2c(Cl)cc(Br)cc2C1O.[2H]CF.[N-]=[N+]=NCC1Oc2c(Cl)cc(Br)cc2C1O.[N-]=[N+]=[N-].[Na+]. The first-order valence-corrected chi connectivity index (χ1v) is 14.3. The van der Waals surface area contributed by atoms with Crippen molar-refractivity contribution in [2.75, 3.05) is 26.6 Å². The zero-order valence-corrected chi connectivity index (χ0v) is 28.2. The van der Waals surface area contributed by atoms with Crippen LogP contribution < -0.4 is 39.0 Å². The van der Waals surface area contributed by atoms with Gasteiger partial charge in [-0.05, 0) is 29.8 Å². The third kappa shape index (κ3) is 11.3. The van der Waals surface area contributed by atoms with Gasteiger partial charge in [0.05, 0.1) is 31.4 Å². The first-order valence-electron chi connectivity index (χ1n) is 10.8. The first-order chi connectivity index (χ1) is 18.7. The second kappa shape index (κ2) is 18.5. The van der Waals surface area contributed by atoms with Crippen molar-refractivity contribution >= 4 is 65.2 Å². The Labute approximate surface area is 279 Å². The molecule has 0 spiro atoms. The summed E-state index contributed by atoms with van der Waals surface area (Å²) in [6.45, 7) is -0.192. The molecule has 0 saturated heterocycles. The maximum absolute atomic E-state index is 10.9. The van der Waals surface area contributed by atoms with Gasteiger partial charge < -0.3 is 30.7 Å². The smallest absolute Gasteiger partial charge is 0.485 e. The number of aliphatic hydroxyl groups is 2. The van der Waals surface area contributed by atoms with E-state index in [-0.39, 0.29) is 42.7 Å². The maximum atomic E-state index is 10.9. The molecular formula is C20H20Br2Cl2FN6NaO7S. The molecule has 2 aromatic rings. The van der Waals surface area contributed by atoms with Crippen LogP contribution in [0.5, 0.6) is 11.5 Å². The molecule has 13 nitrogen and oxygen atoms in total. The minimum atomic E-state index is -3.57. The number of fused-ring (bicyclic) bond motifs is 2. The summed E-state index contributed by atoms with van der Waals surface area (Å²) in [7, 11) is -4.57. The fourth-order valence-electron chi connectivity index (χ4n) is 3.25. The van der Waals surface area contributed by atoms with E-state index in [1.165, 1.54) is 4.91 Å². The topological polar surface area (TPSA) is 210 Å². The van der Waals surface area contributed by atoms with Crippen molar-refractivity contribution in [3.63, 3.8) is 0 Å². The van der Waals surface area contributed by atoms with Crippen molar-refractivity contribution in [2.24, 2.45) is 5.11 Å². The summed E-state index contributed by atoms with van der Waals surface area (Å²) < 4.78 is 54.2. The van der Waals surface area contributed by atoms with Crippen molar-refractivity contribution in [3.05, 3.63) is 80.8 Å². The molecule has 2 heterocycles. The second-order valence-electron chi connectivity index (χ2n) is 7.31. The van der Waals surface area contributed by atoms with Crippen LogP contribution in [0.2, 0.25) is 10.0 Å². The molecule has 0 radical (unpaired) electrons. The van der Waals surface area contributed by atoms with Crippen molar-refractivity contribution < 1.29 is 67.6 Å². The maximum Gasteiger partial charge on any atom is 1.00 e.